The molecule has 4 nitrogen and oxygen atoms in total. The monoisotopic (exact) mass is 233 g/mol. The summed E-state index contributed by atoms with van der Waals surface area (Å²) in [5.74, 6) is -0.491. The van der Waals surface area contributed by atoms with Gasteiger partial charge in [-0.2, -0.15) is 0 Å². The van der Waals surface area contributed by atoms with E-state index in [1.54, 1.807) is 20.1 Å². The molecule has 0 saturated carbocycles. The van der Waals surface area contributed by atoms with Crippen LogP contribution in [0.5, 0.6) is 5.75 Å². The van der Waals surface area contributed by atoms with Crippen molar-refractivity contribution >= 4 is 11.7 Å². The minimum Gasteiger partial charge on any atom is -0.496 e. The van der Waals surface area contributed by atoms with Gasteiger partial charge in [0.1, 0.15) is 11.7 Å². The summed E-state index contributed by atoms with van der Waals surface area (Å²) in [6.45, 7) is 3.63. The molecule has 0 bridgehead atoms. The highest BCUT2D eigenvalue weighted by Gasteiger charge is 2.40. The highest BCUT2D eigenvalue weighted by Crippen LogP contribution is 2.31. The smallest absolute Gasteiger partial charge is 0.235 e. The molecule has 1 heterocycles. The zero-order chi connectivity index (χ0) is 12.6. The Morgan fingerprint density at radius 3 is 2.53 bits per heavy atom. The molecule has 2 unspecified atom stereocenters. The van der Waals surface area contributed by atoms with Crippen molar-refractivity contribution in [2.75, 3.05) is 7.11 Å². The number of hydrogen-bond donors (Lipinski definition) is 1. The number of rotatable bonds is 2. The molecule has 90 valence electrons. The van der Waals surface area contributed by atoms with Crippen LogP contribution in [-0.2, 0) is 9.59 Å². The largest absolute Gasteiger partial charge is 0.496 e. The van der Waals surface area contributed by atoms with E-state index in [2.05, 4.69) is 5.32 Å². The SMILES string of the molecule is COc1cc(C)ccc1C1C(=O)NC(C)C1=O. The Kier molecular flexibility index (Phi) is 2.88. The van der Waals surface area contributed by atoms with E-state index in [0.29, 0.717) is 11.3 Å². The fourth-order valence-electron chi connectivity index (χ4n) is 2.10. The molecule has 0 aliphatic carbocycles. The Morgan fingerprint density at radius 1 is 1.29 bits per heavy atom. The summed E-state index contributed by atoms with van der Waals surface area (Å²) in [4.78, 5) is 23.7. The van der Waals surface area contributed by atoms with E-state index in [-0.39, 0.29) is 11.7 Å². The van der Waals surface area contributed by atoms with Gasteiger partial charge in [-0.15, -0.1) is 0 Å². The number of methoxy groups -OCH3 is 1. The first-order valence-electron chi connectivity index (χ1n) is 5.53. The van der Waals surface area contributed by atoms with E-state index in [9.17, 15) is 9.59 Å². The van der Waals surface area contributed by atoms with Crippen LogP contribution in [0.2, 0.25) is 0 Å². The Bertz CT molecular complexity index is 482. The van der Waals surface area contributed by atoms with Gasteiger partial charge in [-0.25, -0.2) is 0 Å². The molecule has 1 aliphatic rings. The number of carbonyl (C=O) groups excluding carboxylic acids is 2. The van der Waals surface area contributed by atoms with Crippen LogP contribution in [0, 0.1) is 6.92 Å². The molecule has 2 rings (SSSR count). The third kappa shape index (κ3) is 1.90. The topological polar surface area (TPSA) is 55.4 Å². The van der Waals surface area contributed by atoms with Crippen molar-refractivity contribution in [2.24, 2.45) is 0 Å². The van der Waals surface area contributed by atoms with Crippen LogP contribution in [0.4, 0.5) is 0 Å². The number of Topliss-reactive ketones (excluding diaryl/α,β-unsaturated/α-hetero) is 1. The van der Waals surface area contributed by atoms with E-state index in [1.807, 2.05) is 19.1 Å². The fraction of sp³-hybridized carbons (Fsp3) is 0.385. The summed E-state index contributed by atoms with van der Waals surface area (Å²) >= 11 is 0. The molecule has 1 aromatic carbocycles. The third-order valence-corrected chi connectivity index (χ3v) is 3.03. The predicted octanol–water partition coefficient (Wildman–Crippen LogP) is 1.17. The number of ether oxygens (including phenoxy) is 1. The van der Waals surface area contributed by atoms with Gasteiger partial charge in [0.25, 0.3) is 0 Å². The summed E-state index contributed by atoms with van der Waals surface area (Å²) < 4.78 is 5.24. The number of aryl methyl sites for hydroxylation is 1. The quantitative estimate of drug-likeness (QED) is 0.780. The summed E-state index contributed by atoms with van der Waals surface area (Å²) in [6.07, 6.45) is 0. The lowest BCUT2D eigenvalue weighted by molar-refractivity contribution is -0.124. The van der Waals surface area contributed by atoms with Gasteiger partial charge < -0.3 is 10.1 Å². The second kappa shape index (κ2) is 4.20. The molecule has 1 saturated heterocycles. The minimum atomic E-state index is -0.736. The Morgan fingerprint density at radius 2 is 2.00 bits per heavy atom. The molecular formula is C13H15NO3. The van der Waals surface area contributed by atoms with E-state index >= 15 is 0 Å². The molecule has 1 fully saturated rings. The zero-order valence-electron chi connectivity index (χ0n) is 10.1. The molecule has 17 heavy (non-hydrogen) atoms. The Labute approximate surface area is 100.0 Å². The normalized spacial score (nSPS) is 23.7. The van der Waals surface area contributed by atoms with E-state index in [0.717, 1.165) is 5.56 Å². The van der Waals surface area contributed by atoms with Gasteiger partial charge in [0, 0.05) is 5.56 Å². The molecule has 1 N–H and O–H groups in total. The van der Waals surface area contributed by atoms with Crippen LogP contribution in [0.1, 0.15) is 24.0 Å². The number of nitrogens with one attached hydrogen (secondary N) is 1. The average Bonchev–Trinajstić information content (AvgIpc) is 2.54. The van der Waals surface area contributed by atoms with Crippen molar-refractivity contribution in [3.8, 4) is 5.75 Å². The van der Waals surface area contributed by atoms with E-state index < -0.39 is 12.0 Å². The van der Waals surface area contributed by atoms with Gasteiger partial charge in [0.05, 0.1) is 13.2 Å². The maximum absolute atomic E-state index is 11.9. The highest BCUT2D eigenvalue weighted by atomic mass is 16.5. The molecule has 1 aliphatic heterocycles. The molecule has 0 aromatic heterocycles. The van der Waals surface area contributed by atoms with Crippen LogP contribution in [0.25, 0.3) is 0 Å². The van der Waals surface area contributed by atoms with Crippen molar-refractivity contribution in [2.45, 2.75) is 25.8 Å². The predicted molar refractivity (Wildman–Crippen MR) is 63.1 cm³/mol. The number of hydrogen-bond acceptors (Lipinski definition) is 3. The summed E-state index contributed by atoms with van der Waals surface area (Å²) in [7, 11) is 1.54. The lowest BCUT2D eigenvalue weighted by Crippen LogP contribution is -2.25. The van der Waals surface area contributed by atoms with Crippen LogP contribution in [0.3, 0.4) is 0 Å². The van der Waals surface area contributed by atoms with Gasteiger partial charge in [0.15, 0.2) is 5.78 Å². The number of benzene rings is 1. The van der Waals surface area contributed by atoms with Crippen molar-refractivity contribution in [3.63, 3.8) is 0 Å². The average molecular weight is 233 g/mol. The lowest BCUT2D eigenvalue weighted by atomic mass is 9.93. The van der Waals surface area contributed by atoms with Crippen molar-refractivity contribution in [1.29, 1.82) is 0 Å². The molecule has 1 aromatic rings. The molecule has 4 heteroatoms. The van der Waals surface area contributed by atoms with Crippen LogP contribution < -0.4 is 10.1 Å². The zero-order valence-corrected chi connectivity index (χ0v) is 10.1. The first-order chi connectivity index (χ1) is 8.04. The maximum Gasteiger partial charge on any atom is 0.235 e. The van der Waals surface area contributed by atoms with E-state index in [1.165, 1.54) is 0 Å². The molecule has 0 spiro atoms. The van der Waals surface area contributed by atoms with Crippen molar-refractivity contribution < 1.29 is 14.3 Å². The number of carbonyl (C=O) groups is 2. The van der Waals surface area contributed by atoms with Crippen molar-refractivity contribution in [1.82, 2.24) is 5.32 Å². The van der Waals surface area contributed by atoms with Crippen LogP contribution in [0.15, 0.2) is 18.2 Å². The molecule has 0 radical (unpaired) electrons. The summed E-state index contributed by atoms with van der Waals surface area (Å²) in [5, 5.41) is 2.64. The minimum absolute atomic E-state index is 0.0999. The van der Waals surface area contributed by atoms with Crippen LogP contribution >= 0.6 is 0 Å². The van der Waals surface area contributed by atoms with Gasteiger partial charge in [-0.05, 0) is 25.5 Å². The summed E-state index contributed by atoms with van der Waals surface area (Å²) in [5.41, 5.74) is 1.68. The second-order valence-corrected chi connectivity index (χ2v) is 4.31. The van der Waals surface area contributed by atoms with Crippen LogP contribution in [-0.4, -0.2) is 24.8 Å². The standard InChI is InChI=1S/C13H15NO3/c1-7-4-5-9(10(6-7)17-3)11-12(15)8(2)14-13(11)16/h4-6,8,11H,1-3H3,(H,14,16). The van der Waals surface area contributed by atoms with Gasteiger partial charge >= 0.3 is 0 Å². The highest BCUT2D eigenvalue weighted by molar-refractivity contribution is 6.15. The lowest BCUT2D eigenvalue weighted by Gasteiger charge is -2.12. The van der Waals surface area contributed by atoms with Gasteiger partial charge in [-0.3, -0.25) is 9.59 Å². The number of amides is 1. The molecule has 1 amide bonds. The Hall–Kier alpha value is -1.84. The van der Waals surface area contributed by atoms with Gasteiger partial charge in [0.2, 0.25) is 5.91 Å². The fourth-order valence-corrected chi connectivity index (χ4v) is 2.10. The molecular weight excluding hydrogens is 218 g/mol. The maximum atomic E-state index is 11.9. The summed E-state index contributed by atoms with van der Waals surface area (Å²) in [6, 6.07) is 5.08. The van der Waals surface area contributed by atoms with Gasteiger partial charge in [-0.1, -0.05) is 12.1 Å². The molecule has 2 atom stereocenters. The van der Waals surface area contributed by atoms with Crippen molar-refractivity contribution in [3.05, 3.63) is 29.3 Å². The number of ketones is 1. The first kappa shape index (κ1) is 11.6. The third-order valence-electron chi connectivity index (χ3n) is 3.03. The van der Waals surface area contributed by atoms with E-state index in [4.69, 9.17) is 4.74 Å². The Balaban J connectivity index is 2.47. The first-order valence-corrected chi connectivity index (χ1v) is 5.53. The second-order valence-electron chi connectivity index (χ2n) is 4.31.